The molecule has 1 aliphatic heterocycles. The summed E-state index contributed by atoms with van der Waals surface area (Å²) >= 11 is 0. The van der Waals surface area contributed by atoms with Crippen LogP contribution in [0, 0.1) is 0 Å². The molecule has 0 radical (unpaired) electrons. The summed E-state index contributed by atoms with van der Waals surface area (Å²) in [6.45, 7) is 7.87. The number of amides is 2. The van der Waals surface area contributed by atoms with Crippen LogP contribution in [0.3, 0.4) is 0 Å². The number of aromatic nitrogens is 2. The Morgan fingerprint density at radius 2 is 1.96 bits per heavy atom. The van der Waals surface area contributed by atoms with Gasteiger partial charge >= 0.3 is 6.03 Å². The van der Waals surface area contributed by atoms with Crippen molar-refractivity contribution in [1.29, 1.82) is 0 Å². The molecule has 24 heavy (non-hydrogen) atoms. The van der Waals surface area contributed by atoms with Crippen molar-refractivity contribution in [3.63, 3.8) is 0 Å². The van der Waals surface area contributed by atoms with Gasteiger partial charge in [-0.1, -0.05) is 20.8 Å². The number of hydrogen-bond donors (Lipinski definition) is 1. The van der Waals surface area contributed by atoms with Crippen molar-refractivity contribution in [1.82, 2.24) is 20.0 Å². The van der Waals surface area contributed by atoms with Crippen LogP contribution in [0.15, 0.2) is 12.1 Å². The van der Waals surface area contributed by atoms with Crippen LogP contribution in [0.2, 0.25) is 0 Å². The molecule has 0 unspecified atom stereocenters. The number of nitrogens with one attached hydrogen (secondary N) is 1. The quantitative estimate of drug-likeness (QED) is 0.918. The van der Waals surface area contributed by atoms with Crippen LogP contribution in [-0.4, -0.2) is 65.2 Å². The molecule has 134 valence electrons. The number of carbonyl (C=O) groups is 1. The second kappa shape index (κ2) is 7.83. The normalized spacial score (nSPS) is 17.0. The Morgan fingerprint density at radius 1 is 1.21 bits per heavy atom. The minimum absolute atomic E-state index is 0.103. The van der Waals surface area contributed by atoms with Crippen LogP contribution in [0.1, 0.15) is 32.9 Å². The summed E-state index contributed by atoms with van der Waals surface area (Å²) in [7, 11) is 0. The molecular formula is C16H25F2N5O. The highest BCUT2D eigenvalue weighted by Gasteiger charge is 2.21. The Balaban J connectivity index is 1.90. The van der Waals surface area contributed by atoms with Crippen molar-refractivity contribution in [2.24, 2.45) is 0 Å². The largest absolute Gasteiger partial charge is 0.323 e. The first-order valence-corrected chi connectivity index (χ1v) is 8.16. The maximum atomic E-state index is 12.5. The highest BCUT2D eigenvalue weighted by Crippen LogP contribution is 2.19. The minimum atomic E-state index is -2.35. The SMILES string of the molecule is CC(C)(C)c1ccc(NC(=O)N2CCCN(CC(F)F)CC2)nn1. The van der Waals surface area contributed by atoms with E-state index in [0.717, 1.165) is 5.69 Å². The summed E-state index contributed by atoms with van der Waals surface area (Å²) in [5, 5.41) is 10.9. The van der Waals surface area contributed by atoms with Crippen LogP contribution in [0.4, 0.5) is 19.4 Å². The lowest BCUT2D eigenvalue weighted by Crippen LogP contribution is -2.39. The molecule has 2 amide bonds. The zero-order valence-electron chi connectivity index (χ0n) is 14.4. The summed E-state index contributed by atoms with van der Waals surface area (Å²) in [6.07, 6.45) is -1.67. The standard InChI is InChI=1S/C16H25F2N5O/c1-16(2,3)12-5-6-14(21-20-12)19-15(24)23-8-4-7-22(9-10-23)11-13(17)18/h5-6,13H,4,7-11H2,1-3H3,(H,19,21,24). The van der Waals surface area contributed by atoms with Gasteiger partial charge < -0.3 is 4.90 Å². The zero-order chi connectivity index (χ0) is 17.7. The zero-order valence-corrected chi connectivity index (χ0v) is 14.4. The molecule has 0 saturated carbocycles. The molecule has 1 N–H and O–H groups in total. The van der Waals surface area contributed by atoms with Crippen molar-refractivity contribution in [3.05, 3.63) is 17.8 Å². The van der Waals surface area contributed by atoms with Crippen molar-refractivity contribution >= 4 is 11.8 Å². The van der Waals surface area contributed by atoms with E-state index in [9.17, 15) is 13.6 Å². The molecular weight excluding hydrogens is 316 g/mol. The molecule has 8 heteroatoms. The summed E-state index contributed by atoms with van der Waals surface area (Å²) in [4.78, 5) is 15.6. The lowest BCUT2D eigenvalue weighted by atomic mass is 9.92. The van der Waals surface area contributed by atoms with Crippen LogP contribution in [0.5, 0.6) is 0 Å². The molecule has 0 aromatic carbocycles. The Bertz CT molecular complexity index is 544. The number of alkyl halides is 2. The number of hydrogen-bond acceptors (Lipinski definition) is 4. The summed E-state index contributed by atoms with van der Waals surface area (Å²) in [5.41, 5.74) is 0.743. The molecule has 0 spiro atoms. The van der Waals surface area contributed by atoms with E-state index in [-0.39, 0.29) is 18.0 Å². The van der Waals surface area contributed by atoms with Gasteiger partial charge in [-0.3, -0.25) is 10.2 Å². The van der Waals surface area contributed by atoms with Gasteiger partial charge in [0.05, 0.1) is 12.2 Å². The van der Waals surface area contributed by atoms with E-state index in [1.54, 1.807) is 15.9 Å². The molecule has 1 aromatic rings. The van der Waals surface area contributed by atoms with Crippen molar-refractivity contribution in [2.45, 2.75) is 39.0 Å². The van der Waals surface area contributed by atoms with Crippen LogP contribution >= 0.6 is 0 Å². The number of nitrogens with zero attached hydrogens (tertiary/aromatic N) is 4. The average Bonchev–Trinajstić information content (AvgIpc) is 2.72. The highest BCUT2D eigenvalue weighted by molar-refractivity contribution is 5.88. The van der Waals surface area contributed by atoms with Crippen molar-refractivity contribution in [3.8, 4) is 0 Å². The molecule has 1 saturated heterocycles. The number of carbonyl (C=O) groups excluding carboxylic acids is 1. The summed E-state index contributed by atoms with van der Waals surface area (Å²) in [6, 6.07) is 3.30. The average molecular weight is 341 g/mol. The van der Waals surface area contributed by atoms with E-state index in [4.69, 9.17) is 0 Å². The molecule has 6 nitrogen and oxygen atoms in total. The smallest absolute Gasteiger partial charge is 0.323 e. The third kappa shape index (κ3) is 5.36. The fraction of sp³-hybridized carbons (Fsp3) is 0.688. The minimum Gasteiger partial charge on any atom is -0.323 e. The Kier molecular flexibility index (Phi) is 6.04. The molecule has 1 aromatic heterocycles. The first kappa shape index (κ1) is 18.5. The van der Waals surface area contributed by atoms with E-state index in [1.165, 1.54) is 0 Å². The molecule has 0 bridgehead atoms. The van der Waals surface area contributed by atoms with E-state index >= 15 is 0 Å². The number of halogens is 2. The fourth-order valence-electron chi connectivity index (χ4n) is 2.54. The van der Waals surface area contributed by atoms with Gasteiger partial charge in [0.1, 0.15) is 0 Å². The van der Waals surface area contributed by atoms with E-state index in [1.807, 2.05) is 26.8 Å². The number of rotatable bonds is 3. The fourth-order valence-corrected chi connectivity index (χ4v) is 2.54. The predicted octanol–water partition coefficient (Wildman–Crippen LogP) is 2.58. The Morgan fingerprint density at radius 3 is 2.54 bits per heavy atom. The van der Waals surface area contributed by atoms with E-state index in [2.05, 4.69) is 15.5 Å². The summed E-state index contributed by atoms with van der Waals surface area (Å²) < 4.78 is 24.9. The second-order valence-electron chi connectivity index (χ2n) is 7.02. The molecule has 0 atom stereocenters. The highest BCUT2D eigenvalue weighted by atomic mass is 19.3. The molecule has 2 heterocycles. The molecule has 1 aliphatic rings. The van der Waals surface area contributed by atoms with Gasteiger partial charge in [0.2, 0.25) is 0 Å². The number of urea groups is 1. The van der Waals surface area contributed by atoms with Gasteiger partial charge in [0.15, 0.2) is 5.82 Å². The first-order chi connectivity index (χ1) is 11.3. The maximum absolute atomic E-state index is 12.5. The van der Waals surface area contributed by atoms with Crippen LogP contribution in [0.25, 0.3) is 0 Å². The monoisotopic (exact) mass is 341 g/mol. The molecule has 0 aliphatic carbocycles. The van der Waals surface area contributed by atoms with Crippen molar-refractivity contribution < 1.29 is 13.6 Å². The summed E-state index contributed by atoms with van der Waals surface area (Å²) in [5.74, 6) is 0.390. The Hall–Kier alpha value is -1.83. The molecule has 2 rings (SSSR count). The van der Waals surface area contributed by atoms with E-state index in [0.29, 0.717) is 38.4 Å². The van der Waals surface area contributed by atoms with Gasteiger partial charge in [-0.25, -0.2) is 13.6 Å². The van der Waals surface area contributed by atoms with E-state index < -0.39 is 6.43 Å². The topological polar surface area (TPSA) is 61.4 Å². The lowest BCUT2D eigenvalue weighted by molar-refractivity contribution is 0.0905. The van der Waals surface area contributed by atoms with Crippen LogP contribution < -0.4 is 5.32 Å². The number of anilines is 1. The second-order valence-corrected chi connectivity index (χ2v) is 7.02. The van der Waals surface area contributed by atoms with Gasteiger partial charge in [0, 0.05) is 31.6 Å². The third-order valence-corrected chi connectivity index (χ3v) is 3.94. The van der Waals surface area contributed by atoms with Gasteiger partial charge in [-0.2, -0.15) is 5.10 Å². The third-order valence-electron chi connectivity index (χ3n) is 3.94. The van der Waals surface area contributed by atoms with Gasteiger partial charge in [-0.15, -0.1) is 5.10 Å². The Labute approximate surface area is 141 Å². The lowest BCUT2D eigenvalue weighted by Gasteiger charge is -2.22. The maximum Gasteiger partial charge on any atom is 0.323 e. The van der Waals surface area contributed by atoms with Gasteiger partial charge in [-0.05, 0) is 18.6 Å². The predicted molar refractivity (Wildman–Crippen MR) is 88.4 cm³/mol. The molecule has 1 fully saturated rings. The first-order valence-electron chi connectivity index (χ1n) is 8.16. The van der Waals surface area contributed by atoms with Crippen molar-refractivity contribution in [2.75, 3.05) is 38.0 Å². The van der Waals surface area contributed by atoms with Gasteiger partial charge in [0.25, 0.3) is 6.43 Å². The van der Waals surface area contributed by atoms with Crippen LogP contribution in [-0.2, 0) is 5.41 Å².